The van der Waals surface area contributed by atoms with Crippen molar-refractivity contribution in [3.63, 3.8) is 0 Å². The van der Waals surface area contributed by atoms with Gasteiger partial charge in [-0.2, -0.15) is 5.06 Å². The Morgan fingerprint density at radius 2 is 1.86 bits per heavy atom. The zero-order valence-corrected chi connectivity index (χ0v) is 13.4. The lowest BCUT2D eigenvalue weighted by atomic mass is 9.88. The summed E-state index contributed by atoms with van der Waals surface area (Å²) in [7, 11) is 1.59. The number of aliphatic hydroxyl groups excluding tert-OH is 1. The third-order valence-corrected chi connectivity index (χ3v) is 4.79. The molecule has 1 aromatic rings. The lowest BCUT2D eigenvalue weighted by Crippen LogP contribution is -2.45. The number of hydrogen-bond acceptors (Lipinski definition) is 5. The number of nitrogens with zero attached hydrogens (tertiary/aromatic N) is 1. The maximum Gasteiger partial charge on any atom is 0.343 e. The van der Waals surface area contributed by atoms with Crippen molar-refractivity contribution in [3.05, 3.63) is 39.6 Å². The molecule has 0 amide bonds. The molecule has 2 heterocycles. The number of benzene rings is 1. The van der Waals surface area contributed by atoms with Gasteiger partial charge in [-0.05, 0) is 12.1 Å². The summed E-state index contributed by atoms with van der Waals surface area (Å²) in [6.07, 6.45) is 0.897. The van der Waals surface area contributed by atoms with E-state index < -0.39 is 11.6 Å². The van der Waals surface area contributed by atoms with Crippen LogP contribution in [0.15, 0.2) is 24.0 Å². The number of rotatable bonds is 2. The summed E-state index contributed by atoms with van der Waals surface area (Å²) in [6, 6.07) is 4.92. The molecule has 1 saturated heterocycles. The van der Waals surface area contributed by atoms with Crippen LogP contribution < -0.4 is 0 Å². The summed E-state index contributed by atoms with van der Waals surface area (Å²) >= 11 is 12.3. The van der Waals surface area contributed by atoms with Gasteiger partial charge in [0.05, 0.1) is 17.2 Å². The zero-order valence-electron chi connectivity index (χ0n) is 11.9. The number of hydrogen-bond donors (Lipinski definition) is 1. The molecule has 1 N–H and O–H groups in total. The lowest BCUT2D eigenvalue weighted by molar-refractivity contribution is -0.182. The number of halogens is 2. The second-order valence-electron chi connectivity index (χ2n) is 5.32. The van der Waals surface area contributed by atoms with Crippen molar-refractivity contribution in [3.8, 4) is 0 Å². The minimum Gasteiger partial charge on any atom is -0.507 e. The second-order valence-corrected chi connectivity index (χ2v) is 6.13. The van der Waals surface area contributed by atoms with E-state index in [2.05, 4.69) is 0 Å². The van der Waals surface area contributed by atoms with Crippen molar-refractivity contribution in [1.29, 1.82) is 0 Å². The molecule has 2 aliphatic heterocycles. The van der Waals surface area contributed by atoms with E-state index in [0.717, 1.165) is 0 Å². The third-order valence-electron chi connectivity index (χ3n) is 4.16. The first-order valence-corrected chi connectivity index (χ1v) is 7.64. The lowest BCUT2D eigenvalue weighted by Gasteiger charge is -2.36. The monoisotopic (exact) mass is 343 g/mol. The summed E-state index contributed by atoms with van der Waals surface area (Å²) in [5.41, 5.74) is -0.634. The SMILES string of the molecule is CON1CCC2(CC1)OC(=O)C(c1c(Cl)cccc1Cl)=C2O. The summed E-state index contributed by atoms with van der Waals surface area (Å²) < 4.78 is 5.51. The van der Waals surface area contributed by atoms with Crippen LogP contribution >= 0.6 is 23.2 Å². The van der Waals surface area contributed by atoms with Gasteiger partial charge >= 0.3 is 5.97 Å². The van der Waals surface area contributed by atoms with Crippen LogP contribution in [0.5, 0.6) is 0 Å². The highest BCUT2D eigenvalue weighted by Crippen LogP contribution is 2.45. The Morgan fingerprint density at radius 1 is 1.27 bits per heavy atom. The van der Waals surface area contributed by atoms with Crippen LogP contribution in [-0.2, 0) is 14.4 Å². The molecule has 3 rings (SSSR count). The van der Waals surface area contributed by atoms with Gasteiger partial charge in [-0.1, -0.05) is 29.3 Å². The topological polar surface area (TPSA) is 59.0 Å². The average molecular weight is 344 g/mol. The van der Waals surface area contributed by atoms with Gasteiger partial charge in [-0.15, -0.1) is 0 Å². The molecule has 1 aromatic carbocycles. The fourth-order valence-corrected chi connectivity index (χ4v) is 3.51. The van der Waals surface area contributed by atoms with E-state index in [1.54, 1.807) is 30.4 Å². The largest absolute Gasteiger partial charge is 0.507 e. The summed E-state index contributed by atoms with van der Waals surface area (Å²) in [6.45, 7) is 1.11. The molecule has 0 aromatic heterocycles. The first-order valence-electron chi connectivity index (χ1n) is 6.89. The smallest absolute Gasteiger partial charge is 0.343 e. The van der Waals surface area contributed by atoms with Crippen LogP contribution in [0, 0.1) is 0 Å². The summed E-state index contributed by atoms with van der Waals surface area (Å²) in [5, 5.41) is 13.0. The first kappa shape index (κ1) is 15.6. The van der Waals surface area contributed by atoms with Gasteiger partial charge in [-0.25, -0.2) is 4.79 Å². The van der Waals surface area contributed by atoms with Gasteiger partial charge in [0.25, 0.3) is 0 Å². The Kier molecular flexibility index (Phi) is 4.07. The molecular weight excluding hydrogens is 329 g/mol. The Hall–Kier alpha value is -1.27. The number of piperidine rings is 1. The van der Waals surface area contributed by atoms with Gasteiger partial charge in [0.2, 0.25) is 0 Å². The maximum absolute atomic E-state index is 12.3. The molecule has 2 aliphatic rings. The molecule has 0 radical (unpaired) electrons. The standard InChI is InChI=1S/C15H15Cl2NO4/c1-21-18-7-5-15(6-8-18)13(19)12(14(20)22-15)11-9(16)3-2-4-10(11)17/h2-4,19H,5-8H2,1H3. The molecule has 1 fully saturated rings. The van der Waals surface area contributed by atoms with Gasteiger partial charge in [-0.3, -0.25) is 0 Å². The highest BCUT2D eigenvalue weighted by Gasteiger charge is 2.51. The van der Waals surface area contributed by atoms with E-state index in [-0.39, 0.29) is 11.3 Å². The third kappa shape index (κ3) is 2.38. The molecule has 0 saturated carbocycles. The Labute approximate surface area is 138 Å². The number of hydroxylamine groups is 2. The molecule has 22 heavy (non-hydrogen) atoms. The number of esters is 1. The van der Waals surface area contributed by atoms with Crippen LogP contribution in [-0.4, -0.2) is 41.9 Å². The predicted octanol–water partition coefficient (Wildman–Crippen LogP) is 3.22. The summed E-state index contributed by atoms with van der Waals surface area (Å²) in [5.74, 6) is -0.693. The summed E-state index contributed by atoms with van der Waals surface area (Å²) in [4.78, 5) is 17.5. The second kappa shape index (κ2) is 5.74. The average Bonchev–Trinajstić information content (AvgIpc) is 2.72. The van der Waals surface area contributed by atoms with Gasteiger partial charge in [0, 0.05) is 31.5 Å². The van der Waals surface area contributed by atoms with E-state index in [9.17, 15) is 9.90 Å². The van der Waals surface area contributed by atoms with Gasteiger partial charge < -0.3 is 14.7 Å². The van der Waals surface area contributed by atoms with Crippen molar-refractivity contribution < 1.29 is 19.5 Å². The van der Waals surface area contributed by atoms with E-state index in [1.807, 2.05) is 0 Å². The van der Waals surface area contributed by atoms with Crippen molar-refractivity contribution >= 4 is 34.7 Å². The maximum atomic E-state index is 12.3. The Balaban J connectivity index is 2.03. The van der Waals surface area contributed by atoms with E-state index in [0.29, 0.717) is 41.5 Å². The highest BCUT2D eigenvalue weighted by atomic mass is 35.5. The van der Waals surface area contributed by atoms with Crippen molar-refractivity contribution in [1.82, 2.24) is 5.06 Å². The molecule has 5 nitrogen and oxygen atoms in total. The highest BCUT2D eigenvalue weighted by molar-refractivity contribution is 6.40. The fraction of sp³-hybridized carbons (Fsp3) is 0.400. The Bertz CT molecular complexity index is 631. The van der Waals surface area contributed by atoms with Gasteiger partial charge in [0.1, 0.15) is 5.57 Å². The molecule has 7 heteroatoms. The van der Waals surface area contributed by atoms with Crippen LogP contribution in [0.4, 0.5) is 0 Å². The minimum absolute atomic E-state index is 0.0569. The van der Waals surface area contributed by atoms with Crippen LogP contribution in [0.25, 0.3) is 5.57 Å². The van der Waals surface area contributed by atoms with Crippen LogP contribution in [0.1, 0.15) is 18.4 Å². The quantitative estimate of drug-likeness (QED) is 0.835. The van der Waals surface area contributed by atoms with Crippen molar-refractivity contribution in [2.24, 2.45) is 0 Å². The number of ether oxygens (including phenoxy) is 1. The zero-order chi connectivity index (χ0) is 15.9. The molecular formula is C15H15Cl2NO4. The van der Waals surface area contributed by atoms with E-state index in [1.165, 1.54) is 0 Å². The van der Waals surface area contributed by atoms with Crippen LogP contribution in [0.2, 0.25) is 10.0 Å². The Morgan fingerprint density at radius 3 is 2.41 bits per heavy atom. The number of carbonyl (C=O) groups is 1. The van der Waals surface area contributed by atoms with Gasteiger partial charge in [0.15, 0.2) is 11.4 Å². The van der Waals surface area contributed by atoms with E-state index >= 15 is 0 Å². The van der Waals surface area contributed by atoms with Crippen molar-refractivity contribution in [2.75, 3.05) is 20.2 Å². The molecule has 0 atom stereocenters. The molecule has 1 spiro atoms. The number of aliphatic hydroxyl groups is 1. The first-order chi connectivity index (χ1) is 10.5. The minimum atomic E-state index is -1.01. The predicted molar refractivity (Wildman–Crippen MR) is 82.6 cm³/mol. The molecule has 0 aliphatic carbocycles. The van der Waals surface area contributed by atoms with E-state index in [4.69, 9.17) is 32.8 Å². The molecule has 0 unspecified atom stereocenters. The fourth-order valence-electron chi connectivity index (χ4n) is 2.93. The molecule has 0 bridgehead atoms. The number of carbonyl (C=O) groups excluding carboxylic acids is 1. The molecule has 118 valence electrons. The normalized spacial score (nSPS) is 21.5. The van der Waals surface area contributed by atoms with Crippen LogP contribution in [0.3, 0.4) is 0 Å². The van der Waals surface area contributed by atoms with Crippen molar-refractivity contribution in [2.45, 2.75) is 18.4 Å².